The lowest BCUT2D eigenvalue weighted by molar-refractivity contribution is -0.314. The third-order valence-corrected chi connectivity index (χ3v) is 4.20. The summed E-state index contributed by atoms with van der Waals surface area (Å²) in [6, 6.07) is 5.63. The van der Waals surface area contributed by atoms with E-state index >= 15 is 0 Å². The minimum absolute atomic E-state index is 0.0564. The van der Waals surface area contributed by atoms with Crippen molar-refractivity contribution in [3.63, 3.8) is 0 Å². The summed E-state index contributed by atoms with van der Waals surface area (Å²) in [4.78, 5) is 12.4. The number of hydrogen-bond donors (Lipinski definition) is 1. The molecule has 1 aromatic carbocycles. The summed E-state index contributed by atoms with van der Waals surface area (Å²) < 4.78 is 80.4. The Kier molecular flexibility index (Phi) is 7.18. The lowest BCUT2D eigenvalue weighted by Crippen LogP contribution is -2.47. The fourth-order valence-corrected chi connectivity index (χ4v) is 3.05. The first kappa shape index (κ1) is 23.1. The molecule has 154 valence electrons. The van der Waals surface area contributed by atoms with Crippen molar-refractivity contribution in [2.24, 2.45) is 17.8 Å². The first-order chi connectivity index (χ1) is 12.2. The fourth-order valence-electron chi connectivity index (χ4n) is 3.05. The number of hydrogen-bond acceptors (Lipinski definition) is 3. The highest BCUT2D eigenvalue weighted by atomic mass is 19.4. The molecular formula is C18H22F6O3. The van der Waals surface area contributed by atoms with E-state index < -0.39 is 42.2 Å². The van der Waals surface area contributed by atoms with Crippen LogP contribution in [-0.2, 0) is 9.53 Å². The van der Waals surface area contributed by atoms with Gasteiger partial charge in [0.25, 0.3) is 6.10 Å². The number of alkyl halides is 6. The SMILES string of the molecule is CC(C)C(C(=O)OC(C(F)(F)F)C(F)(F)F)C(c1ccc(O)cc1)C(C)C. The highest BCUT2D eigenvalue weighted by Gasteiger charge is 2.60. The molecule has 0 aliphatic carbocycles. The van der Waals surface area contributed by atoms with Crippen molar-refractivity contribution >= 4 is 5.97 Å². The summed E-state index contributed by atoms with van der Waals surface area (Å²) in [6.45, 7) is 6.45. The minimum Gasteiger partial charge on any atom is -0.508 e. The molecule has 1 rings (SSSR count). The van der Waals surface area contributed by atoms with Gasteiger partial charge in [-0.05, 0) is 35.4 Å². The summed E-state index contributed by atoms with van der Waals surface area (Å²) in [7, 11) is 0. The Morgan fingerprint density at radius 1 is 0.889 bits per heavy atom. The van der Waals surface area contributed by atoms with Crippen LogP contribution in [0.4, 0.5) is 26.3 Å². The average molecular weight is 400 g/mol. The Bertz CT molecular complexity index is 605. The molecule has 2 atom stereocenters. The summed E-state index contributed by atoms with van der Waals surface area (Å²) >= 11 is 0. The molecule has 9 heteroatoms. The van der Waals surface area contributed by atoms with Crippen LogP contribution in [0, 0.1) is 17.8 Å². The highest BCUT2D eigenvalue weighted by molar-refractivity contribution is 5.74. The van der Waals surface area contributed by atoms with Crippen LogP contribution in [0.25, 0.3) is 0 Å². The molecular weight excluding hydrogens is 378 g/mol. The molecule has 0 amide bonds. The van der Waals surface area contributed by atoms with Gasteiger partial charge in [-0.15, -0.1) is 0 Å². The quantitative estimate of drug-likeness (QED) is 0.511. The van der Waals surface area contributed by atoms with Crippen molar-refractivity contribution in [1.29, 1.82) is 0 Å². The van der Waals surface area contributed by atoms with E-state index in [1.807, 2.05) is 0 Å². The maximum absolute atomic E-state index is 12.7. The van der Waals surface area contributed by atoms with E-state index in [9.17, 15) is 36.2 Å². The number of carbonyl (C=O) groups is 1. The molecule has 0 aromatic heterocycles. The van der Waals surface area contributed by atoms with Gasteiger partial charge in [-0.2, -0.15) is 26.3 Å². The van der Waals surface area contributed by atoms with Gasteiger partial charge in [0.05, 0.1) is 5.92 Å². The molecule has 0 saturated heterocycles. The lowest BCUT2D eigenvalue weighted by atomic mass is 9.73. The van der Waals surface area contributed by atoms with Crippen LogP contribution in [0.15, 0.2) is 24.3 Å². The van der Waals surface area contributed by atoms with Gasteiger partial charge < -0.3 is 9.84 Å². The zero-order valence-electron chi connectivity index (χ0n) is 15.2. The second kappa shape index (κ2) is 8.39. The number of phenolic OH excluding ortho intramolecular Hbond substituents is 1. The predicted octanol–water partition coefficient (Wildman–Crippen LogP) is 5.44. The summed E-state index contributed by atoms with van der Waals surface area (Å²) in [5.74, 6) is -4.41. The van der Waals surface area contributed by atoms with E-state index in [4.69, 9.17) is 0 Å². The van der Waals surface area contributed by atoms with E-state index in [2.05, 4.69) is 4.74 Å². The van der Waals surface area contributed by atoms with Crippen molar-refractivity contribution in [1.82, 2.24) is 0 Å². The van der Waals surface area contributed by atoms with E-state index in [1.165, 1.54) is 38.1 Å². The van der Waals surface area contributed by atoms with E-state index in [1.54, 1.807) is 13.8 Å². The topological polar surface area (TPSA) is 46.5 Å². The summed E-state index contributed by atoms with van der Waals surface area (Å²) in [6.07, 6.45) is -15.7. The number of rotatable bonds is 6. The Morgan fingerprint density at radius 3 is 1.67 bits per heavy atom. The monoisotopic (exact) mass is 400 g/mol. The van der Waals surface area contributed by atoms with Crippen molar-refractivity contribution in [3.05, 3.63) is 29.8 Å². The van der Waals surface area contributed by atoms with Crippen LogP contribution in [0.2, 0.25) is 0 Å². The zero-order valence-corrected chi connectivity index (χ0v) is 15.2. The largest absolute Gasteiger partial charge is 0.508 e. The average Bonchev–Trinajstić information content (AvgIpc) is 2.48. The first-order valence-electron chi connectivity index (χ1n) is 8.29. The Hall–Kier alpha value is -1.93. The Morgan fingerprint density at radius 2 is 1.33 bits per heavy atom. The Balaban J connectivity index is 3.27. The van der Waals surface area contributed by atoms with Crippen LogP contribution in [0.1, 0.15) is 39.2 Å². The standard InChI is InChI=1S/C18H22F6O3/c1-9(2)13(11-5-7-12(25)8-6-11)14(10(3)4)15(26)27-16(17(19,20)21)18(22,23)24/h5-10,13-14,16,25H,1-4H3. The van der Waals surface area contributed by atoms with E-state index in [-0.39, 0.29) is 11.7 Å². The molecule has 1 aromatic rings. The van der Waals surface area contributed by atoms with Crippen molar-refractivity contribution < 1.29 is 41.0 Å². The molecule has 0 fully saturated rings. The highest BCUT2D eigenvalue weighted by Crippen LogP contribution is 2.41. The summed E-state index contributed by atoms with van der Waals surface area (Å²) in [5.41, 5.74) is 0.508. The van der Waals surface area contributed by atoms with Crippen LogP contribution in [-0.4, -0.2) is 29.5 Å². The second-order valence-electron chi connectivity index (χ2n) is 7.03. The molecule has 0 aliphatic heterocycles. The molecule has 27 heavy (non-hydrogen) atoms. The molecule has 1 N–H and O–H groups in total. The van der Waals surface area contributed by atoms with Gasteiger partial charge in [-0.1, -0.05) is 39.8 Å². The number of halogens is 6. The van der Waals surface area contributed by atoms with Gasteiger partial charge in [-0.25, -0.2) is 0 Å². The van der Waals surface area contributed by atoms with Crippen LogP contribution >= 0.6 is 0 Å². The molecule has 0 aliphatic rings. The number of esters is 1. The van der Waals surface area contributed by atoms with Gasteiger partial charge in [0.1, 0.15) is 5.75 Å². The molecule has 0 bridgehead atoms. The van der Waals surface area contributed by atoms with Gasteiger partial charge in [0.15, 0.2) is 0 Å². The number of phenols is 1. The number of aromatic hydroxyl groups is 1. The summed E-state index contributed by atoms with van der Waals surface area (Å²) in [5, 5.41) is 9.39. The second-order valence-corrected chi connectivity index (χ2v) is 7.03. The third-order valence-electron chi connectivity index (χ3n) is 4.20. The fraction of sp³-hybridized carbons (Fsp3) is 0.611. The lowest BCUT2D eigenvalue weighted by Gasteiger charge is -2.33. The predicted molar refractivity (Wildman–Crippen MR) is 86.0 cm³/mol. The van der Waals surface area contributed by atoms with Gasteiger partial charge in [-0.3, -0.25) is 4.79 Å². The Labute approximate surface area is 153 Å². The maximum Gasteiger partial charge on any atom is 0.434 e. The molecule has 0 spiro atoms. The van der Waals surface area contributed by atoms with Crippen molar-refractivity contribution in [2.75, 3.05) is 0 Å². The van der Waals surface area contributed by atoms with Gasteiger partial charge in [0, 0.05) is 0 Å². The zero-order chi connectivity index (χ0) is 21.2. The van der Waals surface area contributed by atoms with Crippen molar-refractivity contribution in [3.8, 4) is 5.75 Å². The van der Waals surface area contributed by atoms with E-state index in [0.29, 0.717) is 5.56 Å². The molecule has 0 radical (unpaired) electrons. The first-order valence-corrected chi connectivity index (χ1v) is 8.29. The smallest absolute Gasteiger partial charge is 0.434 e. The molecule has 0 saturated carbocycles. The van der Waals surface area contributed by atoms with Crippen molar-refractivity contribution in [2.45, 2.75) is 52.1 Å². The van der Waals surface area contributed by atoms with Gasteiger partial charge in [0.2, 0.25) is 0 Å². The van der Waals surface area contributed by atoms with Gasteiger partial charge >= 0.3 is 18.3 Å². The van der Waals surface area contributed by atoms with Crippen LogP contribution in [0.3, 0.4) is 0 Å². The molecule has 3 nitrogen and oxygen atoms in total. The van der Waals surface area contributed by atoms with E-state index in [0.717, 1.165) is 0 Å². The number of carbonyl (C=O) groups excluding carboxylic acids is 1. The van der Waals surface area contributed by atoms with Crippen LogP contribution < -0.4 is 0 Å². The number of ether oxygens (including phenoxy) is 1. The van der Waals surface area contributed by atoms with Crippen LogP contribution in [0.5, 0.6) is 5.75 Å². The maximum atomic E-state index is 12.7. The number of benzene rings is 1. The third kappa shape index (κ3) is 6.04. The minimum atomic E-state index is -5.76. The molecule has 2 unspecified atom stereocenters. The normalized spacial score (nSPS) is 15.3. The molecule has 0 heterocycles.